The van der Waals surface area contributed by atoms with Crippen LogP contribution in [0.5, 0.6) is 0 Å². The minimum Gasteiger partial charge on any atom is -0.345 e. The van der Waals surface area contributed by atoms with Crippen molar-refractivity contribution in [1.82, 2.24) is 30.8 Å². The van der Waals surface area contributed by atoms with E-state index in [2.05, 4.69) is 46.7 Å². The molecule has 0 unspecified atom stereocenters. The number of carbonyl (C=O) groups is 2. The molecule has 1 saturated carbocycles. The minimum atomic E-state index is -1.01. The Balaban J connectivity index is 1.45. The number of tetrazole rings is 1. The average Bonchev–Trinajstić information content (AvgIpc) is 3.59. The van der Waals surface area contributed by atoms with Gasteiger partial charge in [-0.2, -0.15) is 5.21 Å². The lowest BCUT2D eigenvalue weighted by atomic mass is 9.76. The lowest BCUT2D eigenvalue weighted by molar-refractivity contribution is -0.133. The van der Waals surface area contributed by atoms with Crippen LogP contribution < -0.4 is 5.32 Å². The first kappa shape index (κ1) is 28.5. The fourth-order valence-corrected chi connectivity index (χ4v) is 6.09. The highest BCUT2D eigenvalue weighted by atomic mass is 19.2. The molecule has 1 spiro atoms. The van der Waals surface area contributed by atoms with Gasteiger partial charge in [-0.15, -0.1) is 10.2 Å². The van der Waals surface area contributed by atoms with Crippen molar-refractivity contribution >= 4 is 17.5 Å². The molecule has 9 nitrogen and oxygen atoms in total. The Kier molecular flexibility index (Phi) is 8.23. The third kappa shape index (κ3) is 5.75. The zero-order valence-corrected chi connectivity index (χ0v) is 23.5. The van der Waals surface area contributed by atoms with Crippen LogP contribution in [0.3, 0.4) is 0 Å². The van der Waals surface area contributed by atoms with Crippen LogP contribution in [0, 0.1) is 23.5 Å². The van der Waals surface area contributed by atoms with Crippen molar-refractivity contribution in [3.05, 3.63) is 76.6 Å². The largest absolute Gasteiger partial charge is 0.345 e. The van der Waals surface area contributed by atoms with Gasteiger partial charge in [0.2, 0.25) is 0 Å². The molecule has 1 atom stereocenters. The molecule has 2 aliphatic rings. The molecule has 2 N–H and O–H groups in total. The van der Waals surface area contributed by atoms with Gasteiger partial charge in [-0.1, -0.05) is 44.5 Å². The number of rotatable bonds is 9. The molecule has 41 heavy (non-hydrogen) atoms. The number of benzene rings is 2. The first-order valence-corrected chi connectivity index (χ1v) is 14.2. The predicted molar refractivity (Wildman–Crippen MR) is 149 cm³/mol. The molecule has 2 heterocycles. The second-order valence-corrected chi connectivity index (χ2v) is 11.3. The van der Waals surface area contributed by atoms with Gasteiger partial charge in [0.15, 0.2) is 17.5 Å². The number of aliphatic imine (C=N–C) groups is 1. The number of hydrogen-bond acceptors (Lipinski definition) is 6. The molecule has 2 aromatic carbocycles. The SMILES string of the molecule is CCC[C@H](c1ccc(C(=O)NCc2nn[nH]n2)cc1)N1C(=O)C(c2ccc(F)c(F)c2)=NC12CCC(C(C)C)CC2. The summed E-state index contributed by atoms with van der Waals surface area (Å²) in [5, 5.41) is 16.3. The normalized spacial score (nSPS) is 21.4. The lowest BCUT2D eigenvalue weighted by Gasteiger charge is -2.46. The van der Waals surface area contributed by atoms with Gasteiger partial charge in [0.25, 0.3) is 11.8 Å². The summed E-state index contributed by atoms with van der Waals surface area (Å²) in [5.41, 5.74) is 1.05. The Morgan fingerprint density at radius 3 is 2.46 bits per heavy atom. The van der Waals surface area contributed by atoms with E-state index in [1.54, 1.807) is 12.1 Å². The van der Waals surface area contributed by atoms with Crippen molar-refractivity contribution in [2.75, 3.05) is 0 Å². The summed E-state index contributed by atoms with van der Waals surface area (Å²) in [6.07, 6.45) is 4.75. The Labute approximate surface area is 237 Å². The van der Waals surface area contributed by atoms with E-state index in [0.717, 1.165) is 37.0 Å². The van der Waals surface area contributed by atoms with Gasteiger partial charge in [0.1, 0.15) is 11.4 Å². The number of carbonyl (C=O) groups excluding carboxylic acids is 2. The summed E-state index contributed by atoms with van der Waals surface area (Å²) in [5.74, 6) is -1.09. The van der Waals surface area contributed by atoms with E-state index in [1.807, 2.05) is 17.0 Å². The molecule has 1 aliphatic carbocycles. The minimum absolute atomic E-state index is 0.141. The predicted octanol–water partition coefficient (Wildman–Crippen LogP) is 5.12. The second kappa shape index (κ2) is 11.8. The number of nitrogens with one attached hydrogen (secondary N) is 2. The van der Waals surface area contributed by atoms with Crippen molar-refractivity contribution < 1.29 is 18.4 Å². The fraction of sp³-hybridized carbons (Fsp3) is 0.467. The van der Waals surface area contributed by atoms with Gasteiger partial charge in [-0.3, -0.25) is 14.6 Å². The molecule has 0 bridgehead atoms. The zero-order valence-electron chi connectivity index (χ0n) is 23.5. The summed E-state index contributed by atoms with van der Waals surface area (Å²) in [4.78, 5) is 33.7. The number of aromatic amines is 1. The standard InChI is InChI=1S/C30H35F2N7O2/c1-4-5-25(20-6-8-21(9-7-20)28(40)33-17-26-35-37-38-36-26)39-29(41)27(22-10-11-23(31)24(32)16-22)34-30(39)14-12-19(13-15-30)18(2)3/h6-11,16,18-19,25H,4-5,12-15,17H2,1-3H3,(H,33,40)(H,35,36,37,38)/t19?,25-,30?/m1/s1. The molecular formula is C30H35F2N7O2. The van der Waals surface area contributed by atoms with Crippen molar-refractivity contribution in [2.24, 2.45) is 16.8 Å². The van der Waals surface area contributed by atoms with Crippen LogP contribution in [0.1, 0.15) is 92.6 Å². The van der Waals surface area contributed by atoms with E-state index in [9.17, 15) is 18.4 Å². The van der Waals surface area contributed by atoms with Crippen LogP contribution in [0.15, 0.2) is 47.5 Å². The van der Waals surface area contributed by atoms with Crippen LogP contribution in [0.4, 0.5) is 8.78 Å². The molecule has 3 aromatic rings. The monoisotopic (exact) mass is 563 g/mol. The molecule has 1 fully saturated rings. The van der Waals surface area contributed by atoms with Gasteiger partial charge < -0.3 is 10.2 Å². The highest BCUT2D eigenvalue weighted by molar-refractivity contribution is 6.46. The van der Waals surface area contributed by atoms with Crippen molar-refractivity contribution in [1.29, 1.82) is 0 Å². The van der Waals surface area contributed by atoms with Gasteiger partial charge in [0, 0.05) is 11.1 Å². The number of nitrogens with zero attached hydrogens (tertiary/aromatic N) is 5. The second-order valence-electron chi connectivity index (χ2n) is 11.3. The molecule has 1 aliphatic heterocycles. The van der Waals surface area contributed by atoms with Crippen molar-refractivity contribution in [3.8, 4) is 0 Å². The van der Waals surface area contributed by atoms with Crippen molar-refractivity contribution in [2.45, 2.75) is 77.5 Å². The average molecular weight is 564 g/mol. The first-order chi connectivity index (χ1) is 19.7. The smallest absolute Gasteiger partial charge is 0.275 e. The number of halogens is 2. The number of H-pyrrole nitrogens is 1. The van der Waals surface area contributed by atoms with Gasteiger partial charge in [-0.05, 0) is 79.8 Å². The molecule has 0 saturated heterocycles. The number of amides is 2. The maximum absolute atomic E-state index is 14.2. The lowest BCUT2D eigenvalue weighted by Crippen LogP contribution is -2.51. The number of aromatic nitrogens is 4. The highest BCUT2D eigenvalue weighted by Gasteiger charge is 2.52. The summed E-state index contributed by atoms with van der Waals surface area (Å²) in [6, 6.07) is 10.4. The molecule has 2 amide bonds. The van der Waals surface area contributed by atoms with E-state index in [4.69, 9.17) is 4.99 Å². The van der Waals surface area contributed by atoms with Crippen LogP contribution in [-0.2, 0) is 11.3 Å². The molecule has 1 aromatic heterocycles. The highest BCUT2D eigenvalue weighted by Crippen LogP contribution is 2.48. The molecule has 5 rings (SSSR count). The van der Waals surface area contributed by atoms with E-state index < -0.39 is 17.3 Å². The molecular weight excluding hydrogens is 528 g/mol. The Morgan fingerprint density at radius 2 is 1.85 bits per heavy atom. The fourth-order valence-electron chi connectivity index (χ4n) is 6.09. The third-order valence-corrected chi connectivity index (χ3v) is 8.38. The van der Waals surface area contributed by atoms with E-state index >= 15 is 0 Å². The Bertz CT molecular complexity index is 1420. The van der Waals surface area contributed by atoms with Gasteiger partial charge in [-0.25, -0.2) is 8.78 Å². The maximum atomic E-state index is 14.2. The van der Waals surface area contributed by atoms with Gasteiger partial charge in [0.05, 0.1) is 12.6 Å². The summed E-state index contributed by atoms with van der Waals surface area (Å²) < 4.78 is 28.0. The maximum Gasteiger partial charge on any atom is 0.275 e. The topological polar surface area (TPSA) is 116 Å². The summed E-state index contributed by atoms with van der Waals surface area (Å²) in [7, 11) is 0. The first-order valence-electron chi connectivity index (χ1n) is 14.2. The Morgan fingerprint density at radius 1 is 1.12 bits per heavy atom. The summed E-state index contributed by atoms with van der Waals surface area (Å²) >= 11 is 0. The zero-order chi connectivity index (χ0) is 29.1. The van der Waals surface area contributed by atoms with Crippen LogP contribution in [-0.4, -0.2) is 48.7 Å². The summed E-state index contributed by atoms with van der Waals surface area (Å²) in [6.45, 7) is 6.64. The number of hydrogen-bond donors (Lipinski definition) is 2. The quantitative estimate of drug-likeness (QED) is 0.375. The Hall–Kier alpha value is -4.02. The van der Waals surface area contributed by atoms with Crippen LogP contribution >= 0.6 is 0 Å². The molecule has 11 heteroatoms. The van der Waals surface area contributed by atoms with E-state index in [-0.39, 0.29) is 35.7 Å². The van der Waals surface area contributed by atoms with Crippen LogP contribution in [0.25, 0.3) is 0 Å². The van der Waals surface area contributed by atoms with Crippen molar-refractivity contribution in [3.63, 3.8) is 0 Å². The third-order valence-electron chi connectivity index (χ3n) is 8.38. The van der Waals surface area contributed by atoms with E-state index in [1.165, 1.54) is 6.07 Å². The van der Waals surface area contributed by atoms with E-state index in [0.29, 0.717) is 42.5 Å². The van der Waals surface area contributed by atoms with Gasteiger partial charge >= 0.3 is 0 Å². The van der Waals surface area contributed by atoms with Crippen LogP contribution in [0.2, 0.25) is 0 Å². The molecule has 0 radical (unpaired) electrons. The molecule has 216 valence electrons.